The maximum Gasteiger partial charge on any atom is 0.410 e. The van der Waals surface area contributed by atoms with Gasteiger partial charge in [0.25, 0.3) is 0 Å². The lowest BCUT2D eigenvalue weighted by Gasteiger charge is -2.40. The molecule has 0 saturated carbocycles. The molecule has 0 aliphatic carbocycles. The molecule has 2 atom stereocenters. The maximum absolute atomic E-state index is 12.6. The van der Waals surface area contributed by atoms with E-state index in [1.165, 1.54) is 0 Å². The Morgan fingerprint density at radius 3 is 2.45 bits per heavy atom. The molecule has 0 spiro atoms. The smallest absolute Gasteiger partial charge is 0.410 e. The minimum atomic E-state index is -0.460. The van der Waals surface area contributed by atoms with Gasteiger partial charge in [0.2, 0.25) is 0 Å². The Morgan fingerprint density at radius 1 is 1.28 bits per heavy atom. The average Bonchev–Trinajstić information content (AvgIpc) is 3.09. The average molecular weight is 406 g/mol. The first-order chi connectivity index (χ1) is 13.7. The molecule has 2 bridgehead atoms. The molecule has 2 unspecified atom stereocenters. The highest BCUT2D eigenvalue weighted by atomic mass is 16.6. The molecule has 2 fully saturated rings. The Labute approximate surface area is 173 Å². The van der Waals surface area contributed by atoms with Crippen LogP contribution in [0.15, 0.2) is 9.52 Å². The summed E-state index contributed by atoms with van der Waals surface area (Å²) < 4.78 is 10.8. The van der Waals surface area contributed by atoms with Crippen molar-refractivity contribution in [3.63, 3.8) is 0 Å². The SMILES string of the molecule is CN=C(NCCc1c(C)noc1C)NC1CC2CCC(C1)N2C(=O)OC(C)(C)C. The molecule has 1 aromatic rings. The van der Waals surface area contributed by atoms with Crippen molar-refractivity contribution in [2.45, 2.75) is 90.4 Å². The highest BCUT2D eigenvalue weighted by Crippen LogP contribution is 2.36. The molecule has 0 aromatic carbocycles. The number of carbonyl (C=O) groups excluding carboxylic acids is 1. The molecule has 0 radical (unpaired) electrons. The number of hydrogen-bond donors (Lipinski definition) is 2. The van der Waals surface area contributed by atoms with Gasteiger partial charge in [-0.05, 0) is 66.7 Å². The minimum absolute atomic E-state index is 0.176. The van der Waals surface area contributed by atoms with Crippen LogP contribution in [0.4, 0.5) is 4.79 Å². The number of nitrogens with zero attached hydrogens (tertiary/aromatic N) is 3. The lowest BCUT2D eigenvalue weighted by atomic mass is 9.98. The molecule has 8 heteroatoms. The number of amides is 1. The Kier molecular flexibility index (Phi) is 6.39. The van der Waals surface area contributed by atoms with Gasteiger partial charge < -0.3 is 24.8 Å². The van der Waals surface area contributed by atoms with Crippen LogP contribution in [0.3, 0.4) is 0 Å². The summed E-state index contributed by atoms with van der Waals surface area (Å²) in [4.78, 5) is 18.9. The minimum Gasteiger partial charge on any atom is -0.444 e. The largest absolute Gasteiger partial charge is 0.444 e. The van der Waals surface area contributed by atoms with Crippen molar-refractivity contribution < 1.29 is 14.1 Å². The van der Waals surface area contributed by atoms with Crippen molar-refractivity contribution in [2.24, 2.45) is 4.99 Å². The van der Waals surface area contributed by atoms with E-state index in [1.54, 1.807) is 7.05 Å². The monoisotopic (exact) mass is 405 g/mol. The first-order valence-corrected chi connectivity index (χ1v) is 10.6. The number of piperidine rings is 1. The maximum atomic E-state index is 12.6. The van der Waals surface area contributed by atoms with Crippen LogP contribution in [-0.4, -0.2) is 59.4 Å². The van der Waals surface area contributed by atoms with E-state index in [0.29, 0.717) is 6.04 Å². The normalized spacial score (nSPS) is 24.6. The molecule has 3 heterocycles. The van der Waals surface area contributed by atoms with Crippen molar-refractivity contribution in [2.75, 3.05) is 13.6 Å². The van der Waals surface area contributed by atoms with E-state index in [2.05, 4.69) is 20.8 Å². The molecule has 2 aliphatic rings. The molecule has 8 nitrogen and oxygen atoms in total. The fourth-order valence-corrected chi connectivity index (χ4v) is 4.46. The third kappa shape index (κ3) is 5.22. The first kappa shape index (κ1) is 21.5. The number of aryl methyl sites for hydroxylation is 2. The molecule has 2 saturated heterocycles. The van der Waals surface area contributed by atoms with Crippen LogP contribution in [0, 0.1) is 13.8 Å². The van der Waals surface area contributed by atoms with Crippen LogP contribution >= 0.6 is 0 Å². The summed E-state index contributed by atoms with van der Waals surface area (Å²) in [7, 11) is 1.79. The molecule has 2 N–H and O–H groups in total. The van der Waals surface area contributed by atoms with Gasteiger partial charge in [0.1, 0.15) is 11.4 Å². The van der Waals surface area contributed by atoms with E-state index in [4.69, 9.17) is 9.26 Å². The predicted octanol–water partition coefficient (Wildman–Crippen LogP) is 2.93. The van der Waals surface area contributed by atoms with E-state index in [-0.39, 0.29) is 18.2 Å². The second-order valence-corrected chi connectivity index (χ2v) is 9.14. The first-order valence-electron chi connectivity index (χ1n) is 10.6. The van der Waals surface area contributed by atoms with E-state index < -0.39 is 5.60 Å². The number of nitrogens with one attached hydrogen (secondary N) is 2. The predicted molar refractivity (Wildman–Crippen MR) is 112 cm³/mol. The lowest BCUT2D eigenvalue weighted by Crippen LogP contribution is -2.55. The molecule has 3 rings (SSSR count). The van der Waals surface area contributed by atoms with Crippen molar-refractivity contribution >= 4 is 12.1 Å². The summed E-state index contributed by atoms with van der Waals surface area (Å²) in [6.07, 6.45) is 4.58. The molecular formula is C21H35N5O3. The Bertz CT molecular complexity index is 718. The molecular weight excluding hydrogens is 370 g/mol. The van der Waals surface area contributed by atoms with Gasteiger partial charge in [0, 0.05) is 37.3 Å². The molecule has 2 aliphatic heterocycles. The Hall–Kier alpha value is -2.25. The Morgan fingerprint density at radius 2 is 1.93 bits per heavy atom. The van der Waals surface area contributed by atoms with Crippen LogP contribution in [0.25, 0.3) is 0 Å². The van der Waals surface area contributed by atoms with Gasteiger partial charge >= 0.3 is 6.09 Å². The molecule has 162 valence electrons. The highest BCUT2D eigenvalue weighted by Gasteiger charge is 2.45. The number of aliphatic imine (C=N–C) groups is 1. The van der Waals surface area contributed by atoms with Crippen molar-refractivity contribution in [1.82, 2.24) is 20.7 Å². The number of guanidine groups is 1. The number of ether oxygens (including phenoxy) is 1. The fraction of sp³-hybridized carbons (Fsp3) is 0.762. The topological polar surface area (TPSA) is 92.0 Å². The van der Waals surface area contributed by atoms with Gasteiger partial charge in [-0.1, -0.05) is 5.16 Å². The second kappa shape index (κ2) is 8.63. The molecule has 1 aromatic heterocycles. The summed E-state index contributed by atoms with van der Waals surface area (Å²) in [5, 5.41) is 10.9. The number of aromatic nitrogens is 1. The van der Waals surface area contributed by atoms with Gasteiger partial charge in [-0.2, -0.15) is 0 Å². The quantitative estimate of drug-likeness (QED) is 0.591. The number of carbonyl (C=O) groups is 1. The third-order valence-electron chi connectivity index (χ3n) is 5.75. The van der Waals surface area contributed by atoms with Crippen LogP contribution in [0.1, 0.15) is 63.5 Å². The van der Waals surface area contributed by atoms with Crippen LogP contribution in [0.2, 0.25) is 0 Å². The van der Waals surface area contributed by atoms with E-state index in [0.717, 1.165) is 61.6 Å². The van der Waals surface area contributed by atoms with Gasteiger partial charge in [0.05, 0.1) is 5.69 Å². The lowest BCUT2D eigenvalue weighted by molar-refractivity contribution is 0.00545. The third-order valence-corrected chi connectivity index (χ3v) is 5.75. The van der Waals surface area contributed by atoms with E-state index in [1.807, 2.05) is 39.5 Å². The Balaban J connectivity index is 1.50. The number of hydrogen-bond acceptors (Lipinski definition) is 5. The summed E-state index contributed by atoms with van der Waals surface area (Å²) in [6, 6.07) is 0.777. The van der Waals surface area contributed by atoms with Crippen LogP contribution in [-0.2, 0) is 11.2 Å². The van der Waals surface area contributed by atoms with E-state index in [9.17, 15) is 4.79 Å². The van der Waals surface area contributed by atoms with Crippen LogP contribution in [0.5, 0.6) is 0 Å². The summed E-state index contributed by atoms with van der Waals surface area (Å²) in [5.41, 5.74) is 1.63. The summed E-state index contributed by atoms with van der Waals surface area (Å²) >= 11 is 0. The highest BCUT2D eigenvalue weighted by molar-refractivity contribution is 5.80. The van der Waals surface area contributed by atoms with E-state index >= 15 is 0 Å². The summed E-state index contributed by atoms with van der Waals surface area (Å²) in [6.45, 7) is 10.4. The zero-order valence-corrected chi connectivity index (χ0v) is 18.5. The van der Waals surface area contributed by atoms with Gasteiger partial charge in [-0.25, -0.2) is 4.79 Å². The fourth-order valence-electron chi connectivity index (χ4n) is 4.46. The molecule has 29 heavy (non-hydrogen) atoms. The zero-order valence-electron chi connectivity index (χ0n) is 18.5. The van der Waals surface area contributed by atoms with Crippen molar-refractivity contribution in [3.8, 4) is 0 Å². The number of rotatable bonds is 4. The van der Waals surface area contributed by atoms with Crippen molar-refractivity contribution in [3.05, 3.63) is 17.0 Å². The van der Waals surface area contributed by atoms with Gasteiger partial charge in [-0.3, -0.25) is 4.99 Å². The van der Waals surface area contributed by atoms with Gasteiger partial charge in [-0.15, -0.1) is 0 Å². The van der Waals surface area contributed by atoms with Crippen molar-refractivity contribution in [1.29, 1.82) is 0 Å². The molecule has 1 amide bonds. The summed E-state index contributed by atoms with van der Waals surface area (Å²) in [5.74, 6) is 1.67. The zero-order chi connectivity index (χ0) is 21.2. The second-order valence-electron chi connectivity index (χ2n) is 9.14. The van der Waals surface area contributed by atoms with Crippen LogP contribution < -0.4 is 10.6 Å². The standard InChI is InChI=1S/C21H35N5O3/c1-13-18(14(2)29-25-13)9-10-23-19(22-6)24-15-11-16-7-8-17(12-15)26(16)20(27)28-21(3,4)5/h15-17H,7-12H2,1-6H3,(H2,22,23,24). The number of fused-ring (bicyclic) bond motifs is 2. The van der Waals surface area contributed by atoms with Gasteiger partial charge in [0.15, 0.2) is 5.96 Å².